The van der Waals surface area contributed by atoms with Gasteiger partial charge in [0.05, 0.1) is 16.3 Å². The molecule has 0 aliphatic carbocycles. The van der Waals surface area contributed by atoms with E-state index < -0.39 is 9.84 Å². The predicted molar refractivity (Wildman–Crippen MR) is 99.0 cm³/mol. The van der Waals surface area contributed by atoms with Crippen molar-refractivity contribution in [2.24, 2.45) is 0 Å². The zero-order valence-electron chi connectivity index (χ0n) is 15.2. The number of nitrogens with zero attached hydrogens (tertiary/aromatic N) is 4. The minimum absolute atomic E-state index is 0.246. The Labute approximate surface area is 153 Å². The number of hydrogen-bond donors (Lipinski definition) is 0. The fraction of sp³-hybridized carbons (Fsp3) is 0.368. The molecule has 0 spiro atoms. The van der Waals surface area contributed by atoms with Crippen LogP contribution in [0.15, 0.2) is 40.1 Å². The van der Waals surface area contributed by atoms with Gasteiger partial charge in [-0.15, -0.1) is 0 Å². The summed E-state index contributed by atoms with van der Waals surface area (Å²) in [5.74, 6) is 0. The van der Waals surface area contributed by atoms with Crippen molar-refractivity contribution in [1.29, 1.82) is 0 Å². The van der Waals surface area contributed by atoms with Gasteiger partial charge >= 0.3 is 0 Å². The SMILES string of the molecule is CCc1nn2c(C)c3c(nc2c1S(=O)(=O)c1ccccc1)CCN(C)C3. The van der Waals surface area contributed by atoms with Gasteiger partial charge < -0.3 is 4.90 Å². The first-order chi connectivity index (χ1) is 12.4. The highest BCUT2D eigenvalue weighted by Crippen LogP contribution is 2.30. The van der Waals surface area contributed by atoms with Crippen LogP contribution in [0, 0.1) is 6.92 Å². The van der Waals surface area contributed by atoms with Gasteiger partial charge in [0.1, 0.15) is 4.90 Å². The van der Waals surface area contributed by atoms with E-state index in [9.17, 15) is 8.42 Å². The second kappa shape index (κ2) is 6.17. The monoisotopic (exact) mass is 370 g/mol. The number of aromatic nitrogens is 3. The molecular weight excluding hydrogens is 348 g/mol. The molecule has 2 aromatic heterocycles. The van der Waals surface area contributed by atoms with Gasteiger partial charge in [0, 0.05) is 30.8 Å². The second-order valence-electron chi connectivity index (χ2n) is 6.79. The molecule has 3 heterocycles. The molecule has 0 radical (unpaired) electrons. The number of aryl methyl sites for hydroxylation is 2. The smallest absolute Gasteiger partial charge is 0.212 e. The average Bonchev–Trinajstić information content (AvgIpc) is 3.03. The molecule has 0 amide bonds. The molecule has 26 heavy (non-hydrogen) atoms. The molecule has 0 atom stereocenters. The third kappa shape index (κ3) is 2.54. The van der Waals surface area contributed by atoms with E-state index in [4.69, 9.17) is 4.98 Å². The van der Waals surface area contributed by atoms with Crippen LogP contribution in [0.2, 0.25) is 0 Å². The van der Waals surface area contributed by atoms with E-state index in [-0.39, 0.29) is 9.79 Å². The van der Waals surface area contributed by atoms with Crippen LogP contribution in [0.3, 0.4) is 0 Å². The quantitative estimate of drug-likeness (QED) is 0.708. The lowest BCUT2D eigenvalue weighted by Gasteiger charge is -2.25. The first-order valence-corrected chi connectivity index (χ1v) is 10.3. The Morgan fingerprint density at radius 1 is 1.19 bits per heavy atom. The highest BCUT2D eigenvalue weighted by Gasteiger charge is 2.30. The standard InChI is InChI=1S/C19H22N4O2S/c1-4-16-18(26(24,25)14-8-6-5-7-9-14)19-20-17-10-11-22(3)12-15(17)13(2)23(19)21-16/h5-9H,4,10-12H2,1-3H3. The summed E-state index contributed by atoms with van der Waals surface area (Å²) >= 11 is 0. The number of benzene rings is 1. The van der Waals surface area contributed by atoms with Crippen molar-refractivity contribution in [1.82, 2.24) is 19.5 Å². The summed E-state index contributed by atoms with van der Waals surface area (Å²) in [5, 5.41) is 4.61. The molecule has 1 aliphatic rings. The van der Waals surface area contributed by atoms with Crippen molar-refractivity contribution in [3.8, 4) is 0 Å². The van der Waals surface area contributed by atoms with Crippen LogP contribution < -0.4 is 0 Å². The predicted octanol–water partition coefficient (Wildman–Crippen LogP) is 2.42. The zero-order valence-corrected chi connectivity index (χ0v) is 16.0. The molecule has 1 aliphatic heterocycles. The molecule has 136 valence electrons. The largest absolute Gasteiger partial charge is 0.302 e. The third-order valence-electron chi connectivity index (χ3n) is 5.05. The number of likely N-dealkylation sites (N-methyl/N-ethyl adjacent to an activating group) is 1. The Balaban J connectivity index is 2.03. The van der Waals surface area contributed by atoms with Crippen LogP contribution in [-0.4, -0.2) is 41.5 Å². The maximum atomic E-state index is 13.3. The zero-order chi connectivity index (χ0) is 18.5. The van der Waals surface area contributed by atoms with Crippen LogP contribution >= 0.6 is 0 Å². The summed E-state index contributed by atoms with van der Waals surface area (Å²) in [6, 6.07) is 8.53. The summed E-state index contributed by atoms with van der Waals surface area (Å²) in [4.78, 5) is 7.54. The molecule has 6 nitrogen and oxygen atoms in total. The van der Waals surface area contributed by atoms with Crippen molar-refractivity contribution in [2.75, 3.05) is 13.6 Å². The van der Waals surface area contributed by atoms with Crippen molar-refractivity contribution >= 4 is 15.5 Å². The van der Waals surface area contributed by atoms with Crippen molar-refractivity contribution in [2.45, 2.75) is 43.0 Å². The van der Waals surface area contributed by atoms with Gasteiger partial charge in [-0.1, -0.05) is 25.1 Å². The van der Waals surface area contributed by atoms with E-state index in [1.807, 2.05) is 19.9 Å². The number of sulfone groups is 1. The Hall–Kier alpha value is -2.25. The van der Waals surface area contributed by atoms with Crippen LogP contribution in [-0.2, 0) is 29.2 Å². The molecular formula is C19H22N4O2S. The summed E-state index contributed by atoms with van der Waals surface area (Å²) in [6.07, 6.45) is 1.36. The molecule has 0 saturated carbocycles. The highest BCUT2D eigenvalue weighted by molar-refractivity contribution is 7.91. The highest BCUT2D eigenvalue weighted by atomic mass is 32.2. The molecule has 0 fully saturated rings. The van der Waals surface area contributed by atoms with Gasteiger partial charge in [-0.2, -0.15) is 5.10 Å². The molecule has 0 bridgehead atoms. The molecule has 0 N–H and O–H groups in total. The van der Waals surface area contributed by atoms with Gasteiger partial charge in [-0.05, 0) is 32.5 Å². The molecule has 0 unspecified atom stereocenters. The lowest BCUT2D eigenvalue weighted by molar-refractivity contribution is 0.307. The number of fused-ring (bicyclic) bond motifs is 2. The van der Waals surface area contributed by atoms with E-state index in [1.54, 1.807) is 28.8 Å². The van der Waals surface area contributed by atoms with Gasteiger partial charge in [-0.3, -0.25) is 0 Å². The van der Waals surface area contributed by atoms with Gasteiger partial charge in [-0.25, -0.2) is 17.9 Å². The Bertz CT molecular complexity index is 1090. The van der Waals surface area contributed by atoms with Crippen LogP contribution in [0.4, 0.5) is 0 Å². The Kier molecular flexibility index (Phi) is 4.08. The van der Waals surface area contributed by atoms with Crippen LogP contribution in [0.1, 0.15) is 29.6 Å². The number of hydrogen-bond acceptors (Lipinski definition) is 5. The molecule has 0 saturated heterocycles. The molecule has 7 heteroatoms. The molecule has 4 rings (SSSR count). The third-order valence-corrected chi connectivity index (χ3v) is 6.89. The summed E-state index contributed by atoms with van der Waals surface area (Å²) in [5.41, 5.74) is 4.13. The van der Waals surface area contributed by atoms with Crippen molar-refractivity contribution in [3.05, 3.63) is 53.0 Å². The summed E-state index contributed by atoms with van der Waals surface area (Å²) in [7, 11) is -1.59. The van der Waals surface area contributed by atoms with Crippen molar-refractivity contribution in [3.63, 3.8) is 0 Å². The van der Waals surface area contributed by atoms with Crippen LogP contribution in [0.25, 0.3) is 5.65 Å². The Morgan fingerprint density at radius 2 is 1.92 bits per heavy atom. The van der Waals surface area contributed by atoms with Gasteiger partial charge in [0.15, 0.2) is 5.65 Å². The van der Waals surface area contributed by atoms with Crippen LogP contribution in [0.5, 0.6) is 0 Å². The maximum Gasteiger partial charge on any atom is 0.212 e. The molecule has 3 aromatic rings. The van der Waals surface area contributed by atoms with E-state index in [0.29, 0.717) is 17.8 Å². The minimum Gasteiger partial charge on any atom is -0.302 e. The van der Waals surface area contributed by atoms with E-state index in [2.05, 4.69) is 17.0 Å². The topological polar surface area (TPSA) is 67.6 Å². The van der Waals surface area contributed by atoms with E-state index >= 15 is 0 Å². The van der Waals surface area contributed by atoms with E-state index in [1.165, 1.54) is 0 Å². The van der Waals surface area contributed by atoms with E-state index in [0.717, 1.165) is 36.5 Å². The molecule has 1 aromatic carbocycles. The summed E-state index contributed by atoms with van der Waals surface area (Å²) < 4.78 is 28.4. The fourth-order valence-electron chi connectivity index (χ4n) is 3.58. The Morgan fingerprint density at radius 3 is 2.62 bits per heavy atom. The normalized spacial score (nSPS) is 15.3. The first kappa shape index (κ1) is 17.2. The fourth-order valence-corrected chi connectivity index (χ4v) is 5.20. The van der Waals surface area contributed by atoms with Crippen molar-refractivity contribution < 1.29 is 8.42 Å². The summed E-state index contributed by atoms with van der Waals surface area (Å²) in [6.45, 7) is 5.66. The maximum absolute atomic E-state index is 13.3. The lowest BCUT2D eigenvalue weighted by Crippen LogP contribution is -2.29. The van der Waals surface area contributed by atoms with Gasteiger partial charge in [0.25, 0.3) is 0 Å². The van der Waals surface area contributed by atoms with Gasteiger partial charge in [0.2, 0.25) is 9.84 Å². The first-order valence-electron chi connectivity index (χ1n) is 8.82. The number of rotatable bonds is 3. The lowest BCUT2D eigenvalue weighted by atomic mass is 10.0. The second-order valence-corrected chi connectivity index (χ2v) is 8.68. The average molecular weight is 370 g/mol. The minimum atomic E-state index is -3.68.